The van der Waals surface area contributed by atoms with Crippen LogP contribution in [0, 0.1) is 0 Å². The molecule has 128 valence electrons. The van der Waals surface area contributed by atoms with Crippen LogP contribution in [0.1, 0.15) is 44.5 Å². The third kappa shape index (κ3) is 3.79. The molecule has 1 aliphatic rings. The van der Waals surface area contributed by atoms with Gasteiger partial charge in [-0.25, -0.2) is 0 Å². The third-order valence-electron chi connectivity index (χ3n) is 3.53. The fraction of sp³-hybridized carbons (Fsp3) is 0.375. The third-order valence-corrected chi connectivity index (χ3v) is 4.46. The van der Waals surface area contributed by atoms with E-state index in [9.17, 15) is 4.79 Å². The second kappa shape index (κ2) is 7.81. The number of anilines is 1. The molecule has 0 atom stereocenters. The molecule has 0 radical (unpaired) electrons. The number of carbonyl (C=O) groups excluding carboxylic acids is 1. The SMILES string of the molecule is CCC(=O)Nc1ccc(C2=Nn3c(nnc3C(C)C)SC2)cc1.[Cl-]. The first-order chi connectivity index (χ1) is 11.1. The maximum Gasteiger partial charge on any atom is 0.224 e. The number of benzene rings is 1. The molecular formula is C16H19ClN5OS-. The molecule has 1 aromatic carbocycles. The fourth-order valence-electron chi connectivity index (χ4n) is 2.24. The summed E-state index contributed by atoms with van der Waals surface area (Å²) >= 11 is 1.64. The highest BCUT2D eigenvalue weighted by atomic mass is 35.5. The van der Waals surface area contributed by atoms with Crippen LogP contribution in [0.2, 0.25) is 0 Å². The average Bonchev–Trinajstić information content (AvgIpc) is 2.98. The highest BCUT2D eigenvalue weighted by Gasteiger charge is 2.21. The Bertz CT molecular complexity index is 754. The van der Waals surface area contributed by atoms with Gasteiger partial charge in [0.05, 0.1) is 5.71 Å². The van der Waals surface area contributed by atoms with Gasteiger partial charge < -0.3 is 17.7 Å². The molecular weight excluding hydrogens is 346 g/mol. The summed E-state index contributed by atoms with van der Waals surface area (Å²) in [5.74, 6) is 1.92. The molecule has 24 heavy (non-hydrogen) atoms. The van der Waals surface area contributed by atoms with Crippen molar-refractivity contribution in [2.75, 3.05) is 11.1 Å². The minimum atomic E-state index is 0. The van der Waals surface area contributed by atoms with Crippen LogP contribution in [0.4, 0.5) is 5.69 Å². The van der Waals surface area contributed by atoms with Gasteiger partial charge in [0.15, 0.2) is 5.82 Å². The maximum atomic E-state index is 11.4. The highest BCUT2D eigenvalue weighted by molar-refractivity contribution is 7.99. The van der Waals surface area contributed by atoms with E-state index in [2.05, 4.69) is 29.4 Å². The van der Waals surface area contributed by atoms with Crippen molar-refractivity contribution in [1.82, 2.24) is 14.9 Å². The summed E-state index contributed by atoms with van der Waals surface area (Å²) in [4.78, 5) is 11.4. The summed E-state index contributed by atoms with van der Waals surface area (Å²) in [6.45, 7) is 5.99. The van der Waals surface area contributed by atoms with Crippen LogP contribution in [0.25, 0.3) is 0 Å². The largest absolute Gasteiger partial charge is 1.00 e. The number of nitrogens with zero attached hydrogens (tertiary/aromatic N) is 4. The van der Waals surface area contributed by atoms with E-state index in [1.54, 1.807) is 11.8 Å². The molecule has 0 fully saturated rings. The lowest BCUT2D eigenvalue weighted by Gasteiger charge is -2.15. The molecule has 6 nitrogen and oxygen atoms in total. The summed E-state index contributed by atoms with van der Waals surface area (Å²) in [6, 6.07) is 7.77. The number of hydrogen-bond acceptors (Lipinski definition) is 5. The minimum Gasteiger partial charge on any atom is -1.00 e. The zero-order valence-corrected chi connectivity index (χ0v) is 15.4. The first kappa shape index (κ1) is 18.5. The summed E-state index contributed by atoms with van der Waals surface area (Å²) in [5.41, 5.74) is 2.83. The van der Waals surface area contributed by atoms with Crippen molar-refractivity contribution in [3.05, 3.63) is 35.7 Å². The molecule has 1 amide bonds. The number of aromatic nitrogens is 3. The van der Waals surface area contributed by atoms with Crippen LogP contribution in [0.15, 0.2) is 34.5 Å². The number of amides is 1. The molecule has 0 bridgehead atoms. The van der Waals surface area contributed by atoms with Crippen molar-refractivity contribution in [3.63, 3.8) is 0 Å². The van der Waals surface area contributed by atoms with Gasteiger partial charge in [-0.2, -0.15) is 9.78 Å². The van der Waals surface area contributed by atoms with Gasteiger partial charge in [0.25, 0.3) is 0 Å². The highest BCUT2D eigenvalue weighted by Crippen LogP contribution is 2.26. The molecule has 2 aromatic rings. The zero-order valence-electron chi connectivity index (χ0n) is 13.8. The van der Waals surface area contributed by atoms with E-state index in [4.69, 9.17) is 5.10 Å². The molecule has 0 saturated carbocycles. The fourth-order valence-corrected chi connectivity index (χ4v) is 3.09. The number of thioether (sulfide) groups is 1. The molecule has 3 rings (SSSR count). The van der Waals surface area contributed by atoms with E-state index in [-0.39, 0.29) is 24.2 Å². The quantitative estimate of drug-likeness (QED) is 0.836. The Kier molecular flexibility index (Phi) is 6.01. The molecule has 8 heteroatoms. The normalized spacial score (nSPS) is 13.1. The molecule has 1 aromatic heterocycles. The number of fused-ring (bicyclic) bond motifs is 1. The van der Waals surface area contributed by atoms with Gasteiger partial charge in [-0.05, 0) is 17.7 Å². The Labute approximate surface area is 151 Å². The summed E-state index contributed by atoms with van der Waals surface area (Å²) in [6.07, 6.45) is 0.472. The Morgan fingerprint density at radius 2 is 2.00 bits per heavy atom. The van der Waals surface area contributed by atoms with Crippen LogP contribution in [-0.2, 0) is 4.79 Å². The molecule has 1 aliphatic heterocycles. The van der Waals surface area contributed by atoms with Crippen LogP contribution >= 0.6 is 11.8 Å². The van der Waals surface area contributed by atoms with E-state index in [1.807, 2.05) is 35.9 Å². The van der Waals surface area contributed by atoms with Crippen LogP contribution in [0.5, 0.6) is 0 Å². The number of rotatable bonds is 4. The Morgan fingerprint density at radius 1 is 1.29 bits per heavy atom. The summed E-state index contributed by atoms with van der Waals surface area (Å²) in [5, 5.41) is 16.8. The van der Waals surface area contributed by atoms with Gasteiger partial charge in [-0.3, -0.25) is 4.79 Å². The number of nitrogens with one attached hydrogen (secondary N) is 1. The molecule has 0 spiro atoms. The summed E-state index contributed by atoms with van der Waals surface area (Å²) in [7, 11) is 0. The van der Waals surface area contributed by atoms with E-state index in [0.29, 0.717) is 6.42 Å². The van der Waals surface area contributed by atoms with Gasteiger partial charge in [-0.15, -0.1) is 10.2 Å². The summed E-state index contributed by atoms with van der Waals surface area (Å²) < 4.78 is 1.83. The van der Waals surface area contributed by atoms with Gasteiger partial charge in [0, 0.05) is 23.8 Å². The number of halogens is 1. The molecule has 0 unspecified atom stereocenters. The first-order valence-electron chi connectivity index (χ1n) is 7.64. The van der Waals surface area contributed by atoms with Gasteiger partial charge >= 0.3 is 0 Å². The van der Waals surface area contributed by atoms with Crippen molar-refractivity contribution in [3.8, 4) is 0 Å². The number of carbonyl (C=O) groups is 1. The predicted octanol–water partition coefficient (Wildman–Crippen LogP) is 0.112. The lowest BCUT2D eigenvalue weighted by Crippen LogP contribution is -3.00. The average molecular weight is 365 g/mol. The van der Waals surface area contributed by atoms with E-state index in [1.165, 1.54) is 0 Å². The van der Waals surface area contributed by atoms with E-state index >= 15 is 0 Å². The van der Waals surface area contributed by atoms with E-state index < -0.39 is 0 Å². The van der Waals surface area contributed by atoms with Crippen molar-refractivity contribution >= 4 is 29.1 Å². The molecule has 0 saturated heterocycles. The van der Waals surface area contributed by atoms with Gasteiger partial charge in [-0.1, -0.05) is 44.7 Å². The smallest absolute Gasteiger partial charge is 0.224 e. The first-order valence-corrected chi connectivity index (χ1v) is 8.63. The second-order valence-electron chi connectivity index (χ2n) is 5.62. The van der Waals surface area contributed by atoms with Crippen LogP contribution in [-0.4, -0.2) is 32.2 Å². The van der Waals surface area contributed by atoms with Gasteiger partial charge in [0.2, 0.25) is 11.1 Å². The molecule has 1 N–H and O–H groups in total. The van der Waals surface area contributed by atoms with Crippen LogP contribution < -0.4 is 17.7 Å². The monoisotopic (exact) mass is 364 g/mol. The topological polar surface area (TPSA) is 72.2 Å². The van der Waals surface area contributed by atoms with Crippen molar-refractivity contribution in [1.29, 1.82) is 0 Å². The van der Waals surface area contributed by atoms with Crippen molar-refractivity contribution in [2.45, 2.75) is 38.3 Å². The Balaban J connectivity index is 0.00000208. The van der Waals surface area contributed by atoms with E-state index in [0.717, 1.165) is 33.7 Å². The standard InChI is InChI=1S/C16H19N5OS.ClH/c1-4-14(22)17-12-7-5-11(6-8-12)13-9-23-16-19-18-15(10(2)3)21(16)20-13;/h5-8,10H,4,9H2,1-3H3,(H,17,22);1H/p-1. The predicted molar refractivity (Wildman–Crippen MR) is 92.1 cm³/mol. The Morgan fingerprint density at radius 3 is 2.62 bits per heavy atom. The zero-order chi connectivity index (χ0) is 16.4. The van der Waals surface area contributed by atoms with Crippen molar-refractivity contribution < 1.29 is 17.2 Å². The van der Waals surface area contributed by atoms with Crippen molar-refractivity contribution in [2.24, 2.45) is 5.10 Å². The van der Waals surface area contributed by atoms with Crippen LogP contribution in [0.3, 0.4) is 0 Å². The minimum absolute atomic E-state index is 0. The molecule has 0 aliphatic carbocycles. The number of hydrogen-bond donors (Lipinski definition) is 1. The van der Waals surface area contributed by atoms with Gasteiger partial charge in [0.1, 0.15) is 0 Å². The second-order valence-corrected chi connectivity index (χ2v) is 6.56. The lowest BCUT2D eigenvalue weighted by molar-refractivity contribution is -0.115. The Hall–Kier alpha value is -1.86. The maximum absolute atomic E-state index is 11.4. The molecule has 2 heterocycles. The lowest BCUT2D eigenvalue weighted by atomic mass is 10.1.